The summed E-state index contributed by atoms with van der Waals surface area (Å²) in [4.78, 5) is 14.5. The number of likely N-dealkylation sites (tertiary alicyclic amines) is 1. The number of carbonyl (C=O) groups excluding carboxylic acids is 1. The normalized spacial score (nSPS) is 25.7. The highest BCUT2D eigenvalue weighted by Crippen LogP contribution is 2.54. The summed E-state index contributed by atoms with van der Waals surface area (Å²) in [6, 6.07) is 8.23. The number of nitrogens with two attached hydrogens (primary N) is 1. The van der Waals surface area contributed by atoms with E-state index in [0.29, 0.717) is 0 Å². The van der Waals surface area contributed by atoms with Gasteiger partial charge >= 0.3 is 6.09 Å². The topological polar surface area (TPSA) is 55.6 Å². The number of benzene rings is 1. The number of amides is 1. The molecule has 0 radical (unpaired) electrons. The van der Waals surface area contributed by atoms with Gasteiger partial charge in [-0.2, -0.15) is 0 Å². The molecule has 2 aliphatic rings. The first-order chi connectivity index (χ1) is 10.7. The molecule has 4 nitrogen and oxygen atoms in total. The summed E-state index contributed by atoms with van der Waals surface area (Å²) in [5.74, 6) is 0. The van der Waals surface area contributed by atoms with Gasteiger partial charge in [0.25, 0.3) is 0 Å². The Bertz CT molecular complexity index is 607. The molecule has 1 aromatic carbocycles. The van der Waals surface area contributed by atoms with E-state index in [-0.39, 0.29) is 23.6 Å². The lowest BCUT2D eigenvalue weighted by atomic mass is 9.93. The Morgan fingerprint density at radius 3 is 2.70 bits per heavy atom. The molecule has 1 aliphatic carbocycles. The zero-order valence-electron chi connectivity index (χ0n) is 14.0. The molecule has 5 heteroatoms. The van der Waals surface area contributed by atoms with Crippen LogP contribution in [0.15, 0.2) is 28.7 Å². The number of rotatable bonds is 2. The highest BCUT2D eigenvalue weighted by atomic mass is 79.9. The van der Waals surface area contributed by atoms with E-state index < -0.39 is 5.60 Å². The summed E-state index contributed by atoms with van der Waals surface area (Å²) >= 11 is 3.51. The maximum absolute atomic E-state index is 12.6. The van der Waals surface area contributed by atoms with Gasteiger partial charge in [0.2, 0.25) is 0 Å². The van der Waals surface area contributed by atoms with E-state index in [2.05, 4.69) is 28.1 Å². The number of hydrogen-bond acceptors (Lipinski definition) is 3. The van der Waals surface area contributed by atoms with Crippen molar-refractivity contribution in [2.75, 3.05) is 6.54 Å². The zero-order valence-corrected chi connectivity index (χ0v) is 15.6. The first-order valence-corrected chi connectivity index (χ1v) is 8.99. The van der Waals surface area contributed by atoms with Crippen molar-refractivity contribution in [2.24, 2.45) is 11.1 Å². The summed E-state index contributed by atoms with van der Waals surface area (Å²) in [6.45, 7) is 6.42. The van der Waals surface area contributed by atoms with Crippen LogP contribution >= 0.6 is 15.9 Å². The minimum Gasteiger partial charge on any atom is -0.444 e. The third-order valence-corrected chi connectivity index (χ3v) is 5.35. The van der Waals surface area contributed by atoms with E-state index in [1.807, 2.05) is 37.8 Å². The van der Waals surface area contributed by atoms with Crippen LogP contribution in [0.25, 0.3) is 0 Å². The third kappa shape index (κ3) is 3.56. The van der Waals surface area contributed by atoms with Crippen LogP contribution in [-0.2, 0) is 11.2 Å². The summed E-state index contributed by atoms with van der Waals surface area (Å²) in [5, 5.41) is 0. The van der Waals surface area contributed by atoms with Crippen molar-refractivity contribution in [3.05, 3.63) is 34.3 Å². The number of halogens is 1. The van der Waals surface area contributed by atoms with Crippen molar-refractivity contribution in [1.82, 2.24) is 4.90 Å². The first-order valence-electron chi connectivity index (χ1n) is 8.20. The minimum atomic E-state index is -0.485. The second kappa shape index (κ2) is 5.78. The zero-order chi connectivity index (χ0) is 16.8. The smallest absolute Gasteiger partial charge is 0.410 e. The van der Waals surface area contributed by atoms with E-state index in [1.54, 1.807) is 0 Å². The molecule has 1 saturated heterocycles. The predicted octanol–water partition coefficient (Wildman–Crippen LogP) is 3.72. The monoisotopic (exact) mass is 380 g/mol. The average Bonchev–Trinajstić information content (AvgIpc) is 3.15. The number of hydrogen-bond donors (Lipinski definition) is 1. The van der Waals surface area contributed by atoms with Crippen molar-refractivity contribution in [3.63, 3.8) is 0 Å². The lowest BCUT2D eigenvalue weighted by Gasteiger charge is -2.30. The van der Waals surface area contributed by atoms with Gasteiger partial charge in [0.05, 0.1) is 6.04 Å². The Morgan fingerprint density at radius 2 is 2.13 bits per heavy atom. The fraction of sp³-hybridized carbons (Fsp3) is 0.611. The standard InChI is InChI=1S/C18H25BrN2O2/c1-17(2,3)23-16(22)21-11-18(7-8-18)15(20)14(21)10-12-5-4-6-13(19)9-12/h4-6,9,14-15H,7-8,10-11,20H2,1-3H3/t14-,15+/m1/s1. The number of carbonyl (C=O) groups is 1. The summed E-state index contributed by atoms with van der Waals surface area (Å²) < 4.78 is 6.65. The molecule has 23 heavy (non-hydrogen) atoms. The largest absolute Gasteiger partial charge is 0.444 e. The van der Waals surface area contributed by atoms with Gasteiger partial charge in [-0.1, -0.05) is 28.1 Å². The molecule has 2 atom stereocenters. The van der Waals surface area contributed by atoms with Gasteiger partial charge in [0.15, 0.2) is 0 Å². The van der Waals surface area contributed by atoms with Crippen molar-refractivity contribution in [2.45, 2.75) is 57.7 Å². The first kappa shape index (κ1) is 16.8. The molecule has 0 unspecified atom stereocenters. The number of nitrogens with zero attached hydrogens (tertiary/aromatic N) is 1. The molecule has 2 fully saturated rings. The van der Waals surface area contributed by atoms with E-state index in [0.717, 1.165) is 30.3 Å². The molecule has 1 aromatic rings. The van der Waals surface area contributed by atoms with Gasteiger partial charge in [-0.15, -0.1) is 0 Å². The molecule has 1 amide bonds. The number of ether oxygens (including phenoxy) is 1. The molecule has 2 N–H and O–H groups in total. The van der Waals surface area contributed by atoms with Gasteiger partial charge < -0.3 is 15.4 Å². The van der Waals surface area contributed by atoms with Crippen LogP contribution in [0.1, 0.15) is 39.2 Å². The fourth-order valence-electron chi connectivity index (χ4n) is 3.48. The van der Waals surface area contributed by atoms with E-state index in [1.165, 1.54) is 5.56 Å². The Morgan fingerprint density at radius 1 is 1.43 bits per heavy atom. The maximum Gasteiger partial charge on any atom is 0.410 e. The lowest BCUT2D eigenvalue weighted by Crippen LogP contribution is -2.46. The third-order valence-electron chi connectivity index (χ3n) is 4.86. The predicted molar refractivity (Wildman–Crippen MR) is 94.2 cm³/mol. The molecule has 3 rings (SSSR count). The van der Waals surface area contributed by atoms with Crippen LogP contribution in [0.5, 0.6) is 0 Å². The minimum absolute atomic E-state index is 0.00153. The molecule has 0 aromatic heterocycles. The molecule has 1 saturated carbocycles. The van der Waals surface area contributed by atoms with Crippen LogP contribution in [0.3, 0.4) is 0 Å². The van der Waals surface area contributed by atoms with Gasteiger partial charge in [-0.05, 0) is 57.7 Å². The average molecular weight is 381 g/mol. The van der Waals surface area contributed by atoms with E-state index in [4.69, 9.17) is 10.5 Å². The van der Waals surface area contributed by atoms with Gasteiger partial charge in [0.1, 0.15) is 5.60 Å². The van der Waals surface area contributed by atoms with Gasteiger partial charge in [0, 0.05) is 22.5 Å². The van der Waals surface area contributed by atoms with Crippen LogP contribution in [-0.4, -0.2) is 35.2 Å². The summed E-state index contributed by atoms with van der Waals surface area (Å²) in [7, 11) is 0. The molecule has 1 spiro atoms. The van der Waals surface area contributed by atoms with Crippen LogP contribution in [0.2, 0.25) is 0 Å². The molecule has 1 heterocycles. The van der Waals surface area contributed by atoms with Crippen LogP contribution in [0.4, 0.5) is 4.79 Å². The molecular weight excluding hydrogens is 356 g/mol. The Hall–Kier alpha value is -1.07. The maximum atomic E-state index is 12.6. The van der Waals surface area contributed by atoms with Crippen LogP contribution < -0.4 is 5.73 Å². The quantitative estimate of drug-likeness (QED) is 0.850. The van der Waals surface area contributed by atoms with Gasteiger partial charge in [-0.3, -0.25) is 0 Å². The Balaban J connectivity index is 1.80. The Labute approximate surface area is 146 Å². The second-order valence-corrected chi connectivity index (χ2v) is 8.81. The Kier molecular flexibility index (Phi) is 4.21. The molecular formula is C18H25BrN2O2. The molecule has 1 aliphatic heterocycles. The summed E-state index contributed by atoms with van der Waals surface area (Å²) in [5.41, 5.74) is 7.36. The second-order valence-electron chi connectivity index (χ2n) is 7.90. The summed E-state index contributed by atoms with van der Waals surface area (Å²) in [6.07, 6.45) is 2.75. The van der Waals surface area contributed by atoms with E-state index >= 15 is 0 Å². The lowest BCUT2D eigenvalue weighted by molar-refractivity contribution is 0.0215. The fourth-order valence-corrected chi connectivity index (χ4v) is 3.93. The van der Waals surface area contributed by atoms with Crippen molar-refractivity contribution in [3.8, 4) is 0 Å². The van der Waals surface area contributed by atoms with Crippen LogP contribution in [0, 0.1) is 5.41 Å². The highest BCUT2D eigenvalue weighted by Gasteiger charge is 2.59. The SMILES string of the molecule is CC(C)(C)OC(=O)N1CC2(CC2)[C@@H](N)[C@H]1Cc1cccc(Br)c1. The van der Waals surface area contributed by atoms with E-state index in [9.17, 15) is 4.79 Å². The van der Waals surface area contributed by atoms with Crippen molar-refractivity contribution < 1.29 is 9.53 Å². The van der Waals surface area contributed by atoms with Gasteiger partial charge in [-0.25, -0.2) is 4.79 Å². The highest BCUT2D eigenvalue weighted by molar-refractivity contribution is 9.10. The van der Waals surface area contributed by atoms with Crippen molar-refractivity contribution >= 4 is 22.0 Å². The molecule has 126 valence electrons. The molecule has 0 bridgehead atoms. The van der Waals surface area contributed by atoms with Crippen molar-refractivity contribution in [1.29, 1.82) is 0 Å².